The Morgan fingerprint density at radius 2 is 1.61 bits per heavy atom. The number of hydrogen-bond donors (Lipinski definition) is 1. The van der Waals surface area contributed by atoms with Gasteiger partial charge in [-0.05, 0) is 30.3 Å². The van der Waals surface area contributed by atoms with Gasteiger partial charge in [-0.1, -0.05) is 35.3 Å². The third-order valence-corrected chi connectivity index (χ3v) is 5.69. The van der Waals surface area contributed by atoms with Crippen LogP contribution in [0.1, 0.15) is 10.4 Å². The number of hydrogen-bond acceptors (Lipinski definition) is 8. The van der Waals surface area contributed by atoms with Gasteiger partial charge in [-0.25, -0.2) is 13.1 Å². The maximum atomic E-state index is 12.8. The van der Waals surface area contributed by atoms with Gasteiger partial charge in [-0.2, -0.15) is 9.97 Å². The fraction of sp³-hybridized carbons (Fsp3) is 0.105. The SMILES string of the molecule is COc1cc(OC)nc(Oc2cccc(Cl)c2C(=O)NS(=O)(=O)c2cccc(Cl)c2)n1. The standard InChI is InChI=1S/C19H15Cl2N3O6S/c1-28-15-10-16(29-2)23-19(22-15)30-14-8-4-7-13(21)17(14)18(25)24-31(26,27)12-6-3-5-11(20)9-12/h3-10H,1-2H3,(H,24,25). The van der Waals surface area contributed by atoms with Gasteiger partial charge in [-0.15, -0.1) is 0 Å². The van der Waals surface area contributed by atoms with Crippen LogP contribution in [0.25, 0.3) is 0 Å². The van der Waals surface area contributed by atoms with Crippen molar-refractivity contribution in [2.45, 2.75) is 4.90 Å². The van der Waals surface area contributed by atoms with Crippen molar-refractivity contribution in [2.75, 3.05) is 14.2 Å². The van der Waals surface area contributed by atoms with E-state index in [4.69, 9.17) is 37.4 Å². The van der Waals surface area contributed by atoms with Crippen LogP contribution in [-0.4, -0.2) is 38.5 Å². The van der Waals surface area contributed by atoms with Gasteiger partial charge < -0.3 is 14.2 Å². The van der Waals surface area contributed by atoms with Crippen molar-refractivity contribution in [3.63, 3.8) is 0 Å². The Morgan fingerprint density at radius 3 is 2.23 bits per heavy atom. The Bertz CT molecular complexity index is 1210. The minimum absolute atomic E-state index is 0.0499. The molecule has 1 aromatic heterocycles. The molecule has 0 bridgehead atoms. The minimum Gasteiger partial charge on any atom is -0.481 e. The summed E-state index contributed by atoms with van der Waals surface area (Å²) < 4.78 is 42.8. The van der Waals surface area contributed by atoms with Crippen LogP contribution in [0.2, 0.25) is 10.0 Å². The number of sulfonamides is 1. The van der Waals surface area contributed by atoms with E-state index >= 15 is 0 Å². The molecule has 0 saturated heterocycles. The molecule has 12 heteroatoms. The van der Waals surface area contributed by atoms with E-state index in [0.717, 1.165) is 0 Å². The molecule has 0 aliphatic heterocycles. The molecule has 162 valence electrons. The molecule has 3 rings (SSSR count). The van der Waals surface area contributed by atoms with Gasteiger partial charge in [0.25, 0.3) is 15.9 Å². The normalized spacial score (nSPS) is 11.0. The first kappa shape index (κ1) is 22.6. The van der Waals surface area contributed by atoms with Gasteiger partial charge in [0.2, 0.25) is 11.8 Å². The number of ether oxygens (including phenoxy) is 3. The van der Waals surface area contributed by atoms with Crippen molar-refractivity contribution in [1.82, 2.24) is 14.7 Å². The number of carbonyl (C=O) groups is 1. The summed E-state index contributed by atoms with van der Waals surface area (Å²) in [7, 11) is -1.44. The third-order valence-electron chi connectivity index (χ3n) is 3.81. The molecule has 3 aromatic rings. The van der Waals surface area contributed by atoms with Gasteiger partial charge in [0.05, 0.1) is 30.2 Å². The van der Waals surface area contributed by atoms with Crippen LogP contribution in [0, 0.1) is 0 Å². The van der Waals surface area contributed by atoms with E-state index in [1.807, 2.05) is 4.72 Å². The summed E-state index contributed by atoms with van der Waals surface area (Å²) in [5, 5.41) is 0.146. The number of amides is 1. The van der Waals surface area contributed by atoms with E-state index < -0.39 is 15.9 Å². The zero-order chi connectivity index (χ0) is 22.6. The molecule has 0 aliphatic rings. The van der Waals surface area contributed by atoms with Crippen LogP contribution >= 0.6 is 23.2 Å². The van der Waals surface area contributed by atoms with Gasteiger partial charge in [0.1, 0.15) is 11.3 Å². The number of nitrogens with one attached hydrogen (secondary N) is 1. The molecule has 1 amide bonds. The number of nitrogens with zero attached hydrogens (tertiary/aromatic N) is 2. The molecule has 2 aromatic carbocycles. The molecule has 31 heavy (non-hydrogen) atoms. The molecule has 1 heterocycles. The first-order chi connectivity index (χ1) is 14.7. The van der Waals surface area contributed by atoms with Crippen molar-refractivity contribution in [3.05, 3.63) is 64.1 Å². The van der Waals surface area contributed by atoms with Crippen molar-refractivity contribution >= 4 is 39.1 Å². The van der Waals surface area contributed by atoms with Crippen LogP contribution < -0.4 is 18.9 Å². The maximum absolute atomic E-state index is 12.8. The maximum Gasteiger partial charge on any atom is 0.328 e. The Kier molecular flexibility index (Phi) is 6.84. The number of aromatic nitrogens is 2. The number of rotatable bonds is 7. The zero-order valence-corrected chi connectivity index (χ0v) is 18.5. The van der Waals surface area contributed by atoms with Gasteiger partial charge in [0, 0.05) is 5.02 Å². The van der Waals surface area contributed by atoms with Crippen LogP contribution in [0.15, 0.2) is 53.4 Å². The Hall–Kier alpha value is -3.08. The lowest BCUT2D eigenvalue weighted by Crippen LogP contribution is -2.31. The Balaban J connectivity index is 1.95. The quantitative estimate of drug-likeness (QED) is 0.540. The molecule has 0 saturated carbocycles. The summed E-state index contributed by atoms with van der Waals surface area (Å²) in [4.78, 5) is 20.7. The molecular formula is C19H15Cl2N3O6S. The highest BCUT2D eigenvalue weighted by atomic mass is 35.5. The molecule has 0 aliphatic carbocycles. The van der Waals surface area contributed by atoms with Crippen molar-refractivity contribution < 1.29 is 27.4 Å². The Morgan fingerprint density at radius 1 is 0.968 bits per heavy atom. The van der Waals surface area contributed by atoms with Crippen LogP contribution in [0.4, 0.5) is 0 Å². The molecule has 0 radical (unpaired) electrons. The van der Waals surface area contributed by atoms with E-state index in [-0.39, 0.29) is 44.0 Å². The highest BCUT2D eigenvalue weighted by Crippen LogP contribution is 2.31. The van der Waals surface area contributed by atoms with E-state index in [2.05, 4.69) is 9.97 Å². The molecule has 0 fully saturated rings. The monoisotopic (exact) mass is 483 g/mol. The lowest BCUT2D eigenvalue weighted by molar-refractivity contribution is 0.0979. The lowest BCUT2D eigenvalue weighted by Gasteiger charge is -2.13. The summed E-state index contributed by atoms with van der Waals surface area (Å²) >= 11 is 12.0. The first-order valence-electron chi connectivity index (χ1n) is 8.49. The van der Waals surface area contributed by atoms with E-state index in [1.54, 1.807) is 0 Å². The molecule has 1 N–H and O–H groups in total. The summed E-state index contributed by atoms with van der Waals surface area (Å²) in [6.45, 7) is 0. The van der Waals surface area contributed by atoms with Crippen LogP contribution in [0.3, 0.4) is 0 Å². The summed E-state index contributed by atoms with van der Waals surface area (Å²) in [5.74, 6) is -0.797. The molecule has 0 spiro atoms. The summed E-state index contributed by atoms with van der Waals surface area (Å²) in [6.07, 6.45) is 0. The van der Waals surface area contributed by atoms with E-state index in [0.29, 0.717) is 0 Å². The number of carbonyl (C=O) groups excluding carboxylic acids is 1. The second-order valence-corrected chi connectivity index (χ2v) is 8.37. The van der Waals surface area contributed by atoms with E-state index in [1.165, 1.54) is 62.8 Å². The minimum atomic E-state index is -4.23. The van der Waals surface area contributed by atoms with E-state index in [9.17, 15) is 13.2 Å². The second-order valence-electron chi connectivity index (χ2n) is 5.84. The molecule has 0 atom stereocenters. The molecule has 9 nitrogen and oxygen atoms in total. The Labute approximate surface area is 187 Å². The summed E-state index contributed by atoms with van der Waals surface area (Å²) in [5.41, 5.74) is -0.236. The lowest BCUT2D eigenvalue weighted by atomic mass is 10.2. The fourth-order valence-electron chi connectivity index (χ4n) is 2.41. The predicted molar refractivity (Wildman–Crippen MR) is 113 cm³/mol. The zero-order valence-electron chi connectivity index (χ0n) is 16.1. The topological polar surface area (TPSA) is 117 Å². The first-order valence-corrected chi connectivity index (χ1v) is 10.7. The van der Waals surface area contributed by atoms with Crippen molar-refractivity contribution in [1.29, 1.82) is 0 Å². The smallest absolute Gasteiger partial charge is 0.328 e. The molecular weight excluding hydrogens is 469 g/mol. The average Bonchev–Trinajstić information content (AvgIpc) is 2.73. The van der Waals surface area contributed by atoms with Gasteiger partial charge >= 0.3 is 6.01 Å². The highest BCUT2D eigenvalue weighted by Gasteiger charge is 2.24. The highest BCUT2D eigenvalue weighted by molar-refractivity contribution is 7.90. The van der Waals surface area contributed by atoms with Crippen molar-refractivity contribution in [2.24, 2.45) is 0 Å². The number of halogens is 2. The average molecular weight is 484 g/mol. The molecule has 0 unspecified atom stereocenters. The second kappa shape index (κ2) is 9.38. The van der Waals surface area contributed by atoms with Crippen LogP contribution in [0.5, 0.6) is 23.5 Å². The van der Waals surface area contributed by atoms with Gasteiger partial charge in [0.15, 0.2) is 0 Å². The third kappa shape index (κ3) is 5.35. The predicted octanol–water partition coefficient (Wildman–Crippen LogP) is 3.71. The summed E-state index contributed by atoms with van der Waals surface area (Å²) in [6, 6.07) is 11.0. The fourth-order valence-corrected chi connectivity index (χ4v) is 3.92. The number of methoxy groups -OCH3 is 2. The largest absolute Gasteiger partial charge is 0.481 e. The van der Waals surface area contributed by atoms with Crippen LogP contribution in [-0.2, 0) is 10.0 Å². The van der Waals surface area contributed by atoms with Gasteiger partial charge in [-0.3, -0.25) is 4.79 Å². The van der Waals surface area contributed by atoms with Crippen molar-refractivity contribution in [3.8, 4) is 23.5 Å². The number of benzene rings is 2.